The van der Waals surface area contributed by atoms with E-state index in [0.29, 0.717) is 5.41 Å². The second kappa shape index (κ2) is 2.46. The van der Waals surface area contributed by atoms with Crippen molar-refractivity contribution in [1.29, 1.82) is 0 Å². The minimum absolute atomic E-state index is 0.0184. The molecule has 1 saturated heterocycles. The van der Waals surface area contributed by atoms with E-state index in [1.165, 1.54) is 20.2 Å². The van der Waals surface area contributed by atoms with E-state index in [4.69, 9.17) is 4.74 Å². The zero-order chi connectivity index (χ0) is 8.77. The number of likely N-dealkylation sites (tertiary alicyclic amines) is 1. The highest BCUT2D eigenvalue weighted by molar-refractivity contribution is 5.73. The van der Waals surface area contributed by atoms with Crippen LogP contribution in [0.5, 0.6) is 0 Å². The van der Waals surface area contributed by atoms with Gasteiger partial charge in [0.15, 0.2) is 0 Å². The van der Waals surface area contributed by atoms with E-state index in [0.717, 1.165) is 12.8 Å². The van der Waals surface area contributed by atoms with Crippen molar-refractivity contribution in [2.24, 2.45) is 11.3 Å². The van der Waals surface area contributed by atoms with Crippen molar-refractivity contribution in [3.8, 4) is 0 Å². The number of nitrogens with zero attached hydrogens (tertiary/aromatic N) is 1. The molecule has 0 amide bonds. The molecule has 1 saturated carbocycles. The maximum atomic E-state index is 11.1. The van der Waals surface area contributed by atoms with Crippen molar-refractivity contribution >= 4 is 5.97 Å². The molecule has 1 aliphatic carbocycles. The average molecular weight is 169 g/mol. The van der Waals surface area contributed by atoms with E-state index in [2.05, 4.69) is 11.9 Å². The molecular formula is C9H15NO2. The number of carbonyl (C=O) groups is 1. The molecule has 0 unspecified atom stereocenters. The van der Waals surface area contributed by atoms with Crippen molar-refractivity contribution in [2.75, 3.05) is 27.2 Å². The first-order valence-corrected chi connectivity index (χ1v) is 4.42. The highest BCUT2D eigenvalue weighted by Gasteiger charge is 2.53. The van der Waals surface area contributed by atoms with Crippen LogP contribution in [-0.4, -0.2) is 38.1 Å². The third kappa shape index (κ3) is 1.04. The largest absolute Gasteiger partial charge is 0.469 e. The van der Waals surface area contributed by atoms with E-state index in [9.17, 15) is 4.79 Å². The molecule has 3 nitrogen and oxygen atoms in total. The van der Waals surface area contributed by atoms with Crippen LogP contribution in [0, 0.1) is 11.3 Å². The van der Waals surface area contributed by atoms with Gasteiger partial charge in [-0.25, -0.2) is 0 Å². The second-order valence-corrected chi connectivity index (χ2v) is 4.30. The molecule has 0 radical (unpaired) electrons. The molecule has 2 fully saturated rings. The summed E-state index contributed by atoms with van der Waals surface area (Å²) in [6.07, 6.45) is 2.09. The summed E-state index contributed by atoms with van der Waals surface area (Å²) in [6, 6.07) is 0. The van der Waals surface area contributed by atoms with Crippen molar-refractivity contribution in [3.63, 3.8) is 0 Å². The van der Waals surface area contributed by atoms with Gasteiger partial charge < -0.3 is 9.64 Å². The van der Waals surface area contributed by atoms with Gasteiger partial charge in [-0.2, -0.15) is 0 Å². The molecule has 1 heterocycles. The van der Waals surface area contributed by atoms with Crippen LogP contribution in [0.25, 0.3) is 0 Å². The molecule has 2 rings (SSSR count). The van der Waals surface area contributed by atoms with Crippen LogP contribution < -0.4 is 0 Å². The Kier molecular flexibility index (Phi) is 1.65. The fourth-order valence-electron chi connectivity index (χ4n) is 2.68. The standard InChI is InChI=1S/C9H15NO2/c1-10-5-9(6-10)3-7(4-9)8(11)12-2/h7H,3-6H2,1-2H3. The number of methoxy groups -OCH3 is 1. The third-order valence-electron chi connectivity index (χ3n) is 3.10. The maximum absolute atomic E-state index is 11.1. The number of hydrogen-bond donors (Lipinski definition) is 0. The Bertz CT molecular complexity index is 201. The molecule has 2 aliphatic rings. The fourth-order valence-corrected chi connectivity index (χ4v) is 2.68. The van der Waals surface area contributed by atoms with Crippen molar-refractivity contribution in [1.82, 2.24) is 4.90 Å². The Morgan fingerprint density at radius 2 is 2.08 bits per heavy atom. The van der Waals surface area contributed by atoms with Gasteiger partial charge in [-0.05, 0) is 25.3 Å². The van der Waals surface area contributed by atoms with Crippen LogP contribution in [0.1, 0.15) is 12.8 Å². The molecule has 0 atom stereocenters. The van der Waals surface area contributed by atoms with Crippen LogP contribution in [0.15, 0.2) is 0 Å². The summed E-state index contributed by atoms with van der Waals surface area (Å²) < 4.78 is 4.69. The molecular weight excluding hydrogens is 154 g/mol. The monoisotopic (exact) mass is 169 g/mol. The second-order valence-electron chi connectivity index (χ2n) is 4.30. The van der Waals surface area contributed by atoms with Gasteiger partial charge in [-0.3, -0.25) is 4.79 Å². The van der Waals surface area contributed by atoms with Gasteiger partial charge in [-0.15, -0.1) is 0 Å². The van der Waals surface area contributed by atoms with E-state index in [1.807, 2.05) is 0 Å². The average Bonchev–Trinajstić information content (AvgIpc) is 1.92. The maximum Gasteiger partial charge on any atom is 0.308 e. The Labute approximate surface area is 72.7 Å². The van der Waals surface area contributed by atoms with E-state index in [1.54, 1.807) is 0 Å². The lowest BCUT2D eigenvalue weighted by Gasteiger charge is -2.57. The zero-order valence-electron chi connectivity index (χ0n) is 7.67. The van der Waals surface area contributed by atoms with Crippen molar-refractivity contribution < 1.29 is 9.53 Å². The first-order chi connectivity index (χ1) is 5.65. The van der Waals surface area contributed by atoms with Gasteiger partial charge in [0.05, 0.1) is 13.0 Å². The van der Waals surface area contributed by atoms with Crippen LogP contribution >= 0.6 is 0 Å². The zero-order valence-corrected chi connectivity index (χ0v) is 7.67. The third-order valence-corrected chi connectivity index (χ3v) is 3.10. The molecule has 68 valence electrons. The summed E-state index contributed by atoms with van der Waals surface area (Å²) >= 11 is 0. The molecule has 0 bridgehead atoms. The summed E-state index contributed by atoms with van der Waals surface area (Å²) in [6.45, 7) is 2.33. The minimum Gasteiger partial charge on any atom is -0.469 e. The minimum atomic E-state index is -0.0184. The predicted molar refractivity (Wildman–Crippen MR) is 44.7 cm³/mol. The molecule has 1 spiro atoms. The van der Waals surface area contributed by atoms with Gasteiger partial charge in [0.25, 0.3) is 0 Å². The quantitative estimate of drug-likeness (QED) is 0.535. The highest BCUT2D eigenvalue weighted by atomic mass is 16.5. The van der Waals surface area contributed by atoms with E-state index < -0.39 is 0 Å². The summed E-state index contributed by atoms with van der Waals surface area (Å²) in [7, 11) is 3.59. The normalized spacial score (nSPS) is 27.8. The van der Waals surface area contributed by atoms with Crippen LogP contribution in [-0.2, 0) is 9.53 Å². The summed E-state index contributed by atoms with van der Waals surface area (Å²) in [4.78, 5) is 13.4. The van der Waals surface area contributed by atoms with E-state index in [-0.39, 0.29) is 11.9 Å². The van der Waals surface area contributed by atoms with Crippen LogP contribution in [0.4, 0.5) is 0 Å². The Balaban J connectivity index is 1.81. The first kappa shape index (κ1) is 8.05. The molecule has 12 heavy (non-hydrogen) atoms. The molecule has 0 N–H and O–H groups in total. The highest BCUT2D eigenvalue weighted by Crippen LogP contribution is 2.51. The molecule has 3 heteroatoms. The lowest BCUT2D eigenvalue weighted by molar-refractivity contribution is -0.162. The Morgan fingerprint density at radius 1 is 1.50 bits per heavy atom. The number of carbonyl (C=O) groups excluding carboxylic acids is 1. The Hall–Kier alpha value is -0.570. The first-order valence-electron chi connectivity index (χ1n) is 4.42. The number of esters is 1. The van der Waals surface area contributed by atoms with Crippen LogP contribution in [0.3, 0.4) is 0 Å². The smallest absolute Gasteiger partial charge is 0.308 e. The molecule has 1 aliphatic heterocycles. The number of hydrogen-bond acceptors (Lipinski definition) is 3. The molecule has 0 aromatic carbocycles. The fraction of sp³-hybridized carbons (Fsp3) is 0.889. The van der Waals surface area contributed by atoms with Gasteiger partial charge in [0, 0.05) is 13.1 Å². The van der Waals surface area contributed by atoms with Crippen LogP contribution in [0.2, 0.25) is 0 Å². The van der Waals surface area contributed by atoms with Gasteiger partial charge in [0.1, 0.15) is 0 Å². The molecule has 0 aromatic heterocycles. The lowest BCUT2D eigenvalue weighted by Crippen LogP contribution is -2.61. The molecule has 0 aromatic rings. The summed E-state index contributed by atoms with van der Waals surface area (Å²) in [5.74, 6) is 0.180. The van der Waals surface area contributed by atoms with Crippen molar-refractivity contribution in [2.45, 2.75) is 12.8 Å². The van der Waals surface area contributed by atoms with Gasteiger partial charge >= 0.3 is 5.97 Å². The number of rotatable bonds is 1. The predicted octanol–water partition coefficient (Wildman–Crippen LogP) is 0.501. The van der Waals surface area contributed by atoms with E-state index >= 15 is 0 Å². The summed E-state index contributed by atoms with van der Waals surface area (Å²) in [5.41, 5.74) is 0.494. The summed E-state index contributed by atoms with van der Waals surface area (Å²) in [5, 5.41) is 0. The van der Waals surface area contributed by atoms with Gasteiger partial charge in [-0.1, -0.05) is 0 Å². The van der Waals surface area contributed by atoms with Crippen molar-refractivity contribution in [3.05, 3.63) is 0 Å². The topological polar surface area (TPSA) is 29.5 Å². The number of ether oxygens (including phenoxy) is 1. The lowest BCUT2D eigenvalue weighted by atomic mass is 9.58. The van der Waals surface area contributed by atoms with Gasteiger partial charge in [0.2, 0.25) is 0 Å². The Morgan fingerprint density at radius 3 is 2.50 bits per heavy atom. The SMILES string of the molecule is COC(=O)C1CC2(C1)CN(C)C2.